The van der Waals surface area contributed by atoms with Crippen LogP contribution in [0.3, 0.4) is 0 Å². The summed E-state index contributed by atoms with van der Waals surface area (Å²) in [5.41, 5.74) is 2.27. The molecule has 0 fully saturated rings. The molecule has 0 unspecified atom stereocenters. The maximum absolute atomic E-state index is 12.4. The Kier molecular flexibility index (Phi) is 7.09. The fourth-order valence-electron chi connectivity index (χ4n) is 2.82. The number of hydrogen-bond donors (Lipinski definition) is 0. The van der Waals surface area contributed by atoms with E-state index in [9.17, 15) is 8.42 Å². The van der Waals surface area contributed by atoms with Gasteiger partial charge >= 0.3 is 10.1 Å². The van der Waals surface area contributed by atoms with Crippen LogP contribution in [0.1, 0.15) is 11.1 Å². The minimum atomic E-state index is -3.71. The van der Waals surface area contributed by atoms with Crippen molar-refractivity contribution in [2.75, 3.05) is 12.3 Å². The van der Waals surface area contributed by atoms with Gasteiger partial charge in [-0.3, -0.25) is 4.90 Å². The van der Waals surface area contributed by atoms with E-state index < -0.39 is 10.1 Å². The van der Waals surface area contributed by atoms with Gasteiger partial charge in [0.05, 0.1) is 5.75 Å². The summed E-state index contributed by atoms with van der Waals surface area (Å²) in [4.78, 5) is 2.10. The highest BCUT2D eigenvalue weighted by Gasteiger charge is 2.16. The van der Waals surface area contributed by atoms with Crippen LogP contribution < -0.4 is 4.18 Å². The van der Waals surface area contributed by atoms with E-state index >= 15 is 0 Å². The van der Waals surface area contributed by atoms with E-state index in [0.29, 0.717) is 24.7 Å². The van der Waals surface area contributed by atoms with Crippen molar-refractivity contribution in [2.24, 2.45) is 0 Å². The minimum absolute atomic E-state index is 0.102. The predicted octanol–water partition coefficient (Wildman–Crippen LogP) is 4.75. The Morgan fingerprint density at radius 3 is 1.75 bits per heavy atom. The standard InChI is InChI=1S/C22H22ClNO3S/c23-21-11-13-22(14-12-21)27-28(25,26)16-15-24(17-19-7-3-1-4-8-19)18-20-9-5-2-6-10-20/h1-14H,15-18H2. The molecule has 0 saturated carbocycles. The highest BCUT2D eigenvalue weighted by molar-refractivity contribution is 7.87. The number of rotatable bonds is 9. The third-order valence-corrected chi connectivity index (χ3v) is 5.57. The molecule has 0 amide bonds. The molecule has 0 spiro atoms. The normalized spacial score (nSPS) is 11.5. The first-order chi connectivity index (χ1) is 13.5. The zero-order chi connectivity index (χ0) is 19.8. The number of benzene rings is 3. The second kappa shape index (κ2) is 9.73. The summed E-state index contributed by atoms with van der Waals surface area (Å²) in [5.74, 6) is 0.164. The van der Waals surface area contributed by atoms with Gasteiger partial charge in [-0.15, -0.1) is 0 Å². The van der Waals surface area contributed by atoms with Crippen LogP contribution in [0.15, 0.2) is 84.9 Å². The van der Waals surface area contributed by atoms with E-state index in [1.54, 1.807) is 24.3 Å². The van der Waals surface area contributed by atoms with Gasteiger partial charge in [-0.1, -0.05) is 72.3 Å². The molecule has 0 radical (unpaired) electrons. The van der Waals surface area contributed by atoms with Gasteiger partial charge in [0.15, 0.2) is 0 Å². The van der Waals surface area contributed by atoms with Crippen LogP contribution in [0, 0.1) is 0 Å². The lowest BCUT2D eigenvalue weighted by Crippen LogP contribution is -2.30. The summed E-state index contributed by atoms with van der Waals surface area (Å²) in [6.07, 6.45) is 0. The number of halogens is 1. The van der Waals surface area contributed by atoms with Crippen LogP contribution in [-0.2, 0) is 23.2 Å². The number of hydrogen-bond acceptors (Lipinski definition) is 4. The van der Waals surface area contributed by atoms with Crippen LogP contribution >= 0.6 is 11.6 Å². The molecular formula is C22H22ClNO3S. The summed E-state index contributed by atoms with van der Waals surface area (Å²) in [5, 5.41) is 0.529. The lowest BCUT2D eigenvalue weighted by Gasteiger charge is -2.22. The molecule has 3 aromatic rings. The first-order valence-electron chi connectivity index (χ1n) is 8.98. The van der Waals surface area contributed by atoms with Crippen molar-refractivity contribution >= 4 is 21.7 Å². The van der Waals surface area contributed by atoms with Gasteiger partial charge in [-0.2, -0.15) is 8.42 Å². The average Bonchev–Trinajstić information content (AvgIpc) is 2.69. The van der Waals surface area contributed by atoms with Crippen molar-refractivity contribution in [3.05, 3.63) is 101 Å². The summed E-state index contributed by atoms with van der Waals surface area (Å²) < 4.78 is 30.0. The lowest BCUT2D eigenvalue weighted by atomic mass is 10.1. The summed E-state index contributed by atoms with van der Waals surface area (Å²) >= 11 is 5.83. The van der Waals surface area contributed by atoms with E-state index in [1.807, 2.05) is 60.7 Å². The third-order valence-electron chi connectivity index (χ3n) is 4.19. The quantitative estimate of drug-likeness (QED) is 0.473. The van der Waals surface area contributed by atoms with Gasteiger partial charge in [-0.05, 0) is 35.4 Å². The molecule has 0 heterocycles. The maximum Gasteiger partial charge on any atom is 0.310 e. The maximum atomic E-state index is 12.4. The van der Waals surface area contributed by atoms with Crippen molar-refractivity contribution in [1.82, 2.24) is 4.90 Å². The SMILES string of the molecule is O=S(=O)(CCN(Cc1ccccc1)Cc1ccccc1)Oc1ccc(Cl)cc1. The Morgan fingerprint density at radius 1 is 0.750 bits per heavy atom. The largest absolute Gasteiger partial charge is 0.382 e. The predicted molar refractivity (Wildman–Crippen MR) is 113 cm³/mol. The average molecular weight is 416 g/mol. The van der Waals surface area contributed by atoms with E-state index in [1.165, 1.54) is 0 Å². The highest BCUT2D eigenvalue weighted by Crippen LogP contribution is 2.18. The van der Waals surface area contributed by atoms with E-state index in [-0.39, 0.29) is 11.5 Å². The molecular weight excluding hydrogens is 394 g/mol. The monoisotopic (exact) mass is 415 g/mol. The van der Waals surface area contributed by atoms with Crippen LogP contribution in [-0.4, -0.2) is 25.6 Å². The van der Waals surface area contributed by atoms with Gasteiger partial charge in [0.1, 0.15) is 5.75 Å². The third kappa shape index (κ3) is 6.68. The molecule has 0 aromatic heterocycles. The van der Waals surface area contributed by atoms with Crippen LogP contribution in [0.2, 0.25) is 5.02 Å². The molecule has 0 aliphatic carbocycles. The zero-order valence-electron chi connectivity index (χ0n) is 15.4. The Bertz CT molecular complexity index is 920. The Morgan fingerprint density at radius 2 is 1.25 bits per heavy atom. The first kappa shape index (κ1) is 20.4. The fourth-order valence-corrected chi connectivity index (χ4v) is 3.91. The zero-order valence-corrected chi connectivity index (χ0v) is 16.9. The topological polar surface area (TPSA) is 46.6 Å². The second-order valence-electron chi connectivity index (χ2n) is 6.48. The Balaban J connectivity index is 1.66. The molecule has 0 saturated heterocycles. The van der Waals surface area contributed by atoms with Crippen molar-refractivity contribution in [3.63, 3.8) is 0 Å². The molecule has 6 heteroatoms. The van der Waals surface area contributed by atoms with Crippen LogP contribution in [0.25, 0.3) is 0 Å². The van der Waals surface area contributed by atoms with Gasteiger partial charge in [0.2, 0.25) is 0 Å². The van der Waals surface area contributed by atoms with E-state index in [4.69, 9.17) is 15.8 Å². The van der Waals surface area contributed by atoms with E-state index in [0.717, 1.165) is 11.1 Å². The van der Waals surface area contributed by atoms with Gasteiger partial charge in [0, 0.05) is 24.7 Å². The van der Waals surface area contributed by atoms with Gasteiger partial charge in [0.25, 0.3) is 0 Å². The van der Waals surface area contributed by atoms with Crippen molar-refractivity contribution < 1.29 is 12.6 Å². The number of nitrogens with zero attached hydrogens (tertiary/aromatic N) is 1. The molecule has 3 aromatic carbocycles. The molecule has 0 N–H and O–H groups in total. The first-order valence-corrected chi connectivity index (χ1v) is 10.9. The van der Waals surface area contributed by atoms with Crippen LogP contribution in [0.5, 0.6) is 5.75 Å². The molecule has 3 rings (SSSR count). The molecule has 146 valence electrons. The lowest BCUT2D eigenvalue weighted by molar-refractivity contribution is 0.270. The minimum Gasteiger partial charge on any atom is -0.382 e. The van der Waals surface area contributed by atoms with Crippen molar-refractivity contribution in [2.45, 2.75) is 13.1 Å². The van der Waals surface area contributed by atoms with Gasteiger partial charge < -0.3 is 4.18 Å². The highest BCUT2D eigenvalue weighted by atomic mass is 35.5. The molecule has 28 heavy (non-hydrogen) atoms. The molecule has 0 aliphatic heterocycles. The molecule has 4 nitrogen and oxygen atoms in total. The van der Waals surface area contributed by atoms with E-state index in [2.05, 4.69) is 4.90 Å². The summed E-state index contributed by atoms with van der Waals surface area (Å²) in [7, 11) is -3.71. The smallest absolute Gasteiger partial charge is 0.310 e. The molecule has 0 bridgehead atoms. The molecule has 0 atom stereocenters. The Hall–Kier alpha value is -2.34. The van der Waals surface area contributed by atoms with Gasteiger partial charge in [-0.25, -0.2) is 0 Å². The summed E-state index contributed by atoms with van der Waals surface area (Å²) in [6.45, 7) is 1.68. The summed E-state index contributed by atoms with van der Waals surface area (Å²) in [6, 6.07) is 26.3. The van der Waals surface area contributed by atoms with Crippen LogP contribution in [0.4, 0.5) is 0 Å². The molecule has 0 aliphatic rings. The van der Waals surface area contributed by atoms with Crippen molar-refractivity contribution in [3.8, 4) is 5.75 Å². The fraction of sp³-hybridized carbons (Fsp3) is 0.182. The Labute approximate surface area is 171 Å². The second-order valence-corrected chi connectivity index (χ2v) is 8.61. The van der Waals surface area contributed by atoms with Crippen molar-refractivity contribution in [1.29, 1.82) is 0 Å².